The Hall–Kier alpha value is -2.76. The standard InChI is InChI=1S/C12H8N2O4/c15-12(16)9-5-4-8(7-11(9)14(17)18)10-3-1-2-6-13-10/h1-7H,(H,15,16). The molecule has 1 N–H and O–H groups in total. The van der Waals surface area contributed by atoms with Crippen molar-refractivity contribution in [3.05, 3.63) is 58.3 Å². The maximum absolute atomic E-state index is 10.9. The molecule has 1 aromatic carbocycles. The third-order valence-corrected chi connectivity index (χ3v) is 2.39. The predicted molar refractivity (Wildman–Crippen MR) is 63.3 cm³/mol. The second kappa shape index (κ2) is 4.62. The fourth-order valence-electron chi connectivity index (χ4n) is 1.56. The number of carboxylic acid groups (broad SMARTS) is 1. The number of nitro groups is 1. The van der Waals surface area contributed by atoms with Crippen LogP contribution in [0.3, 0.4) is 0 Å². The first-order chi connectivity index (χ1) is 8.59. The minimum absolute atomic E-state index is 0.334. The van der Waals surface area contributed by atoms with E-state index in [1.54, 1.807) is 24.4 Å². The van der Waals surface area contributed by atoms with Crippen molar-refractivity contribution in [3.63, 3.8) is 0 Å². The number of pyridine rings is 1. The van der Waals surface area contributed by atoms with Crippen molar-refractivity contribution in [3.8, 4) is 11.3 Å². The number of nitrogens with zero attached hydrogens (tertiary/aromatic N) is 2. The molecule has 0 unspecified atom stereocenters. The third-order valence-electron chi connectivity index (χ3n) is 2.39. The van der Waals surface area contributed by atoms with E-state index in [0.717, 1.165) is 0 Å². The zero-order valence-electron chi connectivity index (χ0n) is 9.11. The summed E-state index contributed by atoms with van der Waals surface area (Å²) in [5.74, 6) is -1.32. The minimum Gasteiger partial charge on any atom is -0.477 e. The van der Waals surface area contributed by atoms with Gasteiger partial charge >= 0.3 is 5.97 Å². The average Bonchev–Trinajstić information content (AvgIpc) is 2.39. The highest BCUT2D eigenvalue weighted by Gasteiger charge is 2.20. The van der Waals surface area contributed by atoms with E-state index in [9.17, 15) is 14.9 Å². The lowest BCUT2D eigenvalue weighted by atomic mass is 10.1. The van der Waals surface area contributed by atoms with Crippen LogP contribution in [0.2, 0.25) is 0 Å². The molecule has 1 heterocycles. The van der Waals surface area contributed by atoms with Crippen molar-refractivity contribution in [2.45, 2.75) is 0 Å². The van der Waals surface area contributed by atoms with Gasteiger partial charge in [0, 0.05) is 17.8 Å². The van der Waals surface area contributed by atoms with Gasteiger partial charge in [0.15, 0.2) is 0 Å². The summed E-state index contributed by atoms with van der Waals surface area (Å²) < 4.78 is 0. The van der Waals surface area contributed by atoms with E-state index in [1.165, 1.54) is 18.2 Å². The van der Waals surface area contributed by atoms with Gasteiger partial charge in [0.25, 0.3) is 5.69 Å². The average molecular weight is 244 g/mol. The van der Waals surface area contributed by atoms with Crippen molar-refractivity contribution < 1.29 is 14.8 Å². The Morgan fingerprint density at radius 3 is 2.61 bits per heavy atom. The summed E-state index contributed by atoms with van der Waals surface area (Å²) in [5, 5.41) is 19.7. The molecule has 6 nitrogen and oxygen atoms in total. The van der Waals surface area contributed by atoms with Crippen LogP contribution in [0.5, 0.6) is 0 Å². The molecule has 0 atom stereocenters. The van der Waals surface area contributed by atoms with E-state index < -0.39 is 16.6 Å². The lowest BCUT2D eigenvalue weighted by Crippen LogP contribution is -2.02. The smallest absolute Gasteiger partial charge is 0.342 e. The lowest BCUT2D eigenvalue weighted by molar-refractivity contribution is -0.385. The van der Waals surface area contributed by atoms with Crippen LogP contribution in [0.15, 0.2) is 42.6 Å². The van der Waals surface area contributed by atoms with Gasteiger partial charge in [-0.3, -0.25) is 15.1 Å². The molecule has 0 amide bonds. The summed E-state index contributed by atoms with van der Waals surface area (Å²) in [6.07, 6.45) is 1.56. The van der Waals surface area contributed by atoms with E-state index in [-0.39, 0.29) is 5.56 Å². The Labute approximate surface area is 102 Å². The van der Waals surface area contributed by atoms with E-state index in [2.05, 4.69) is 4.98 Å². The number of hydrogen-bond donors (Lipinski definition) is 1. The van der Waals surface area contributed by atoms with Gasteiger partial charge in [-0.2, -0.15) is 0 Å². The highest BCUT2D eigenvalue weighted by atomic mass is 16.6. The summed E-state index contributed by atoms with van der Waals surface area (Å²) >= 11 is 0. The maximum atomic E-state index is 10.9. The molecule has 6 heteroatoms. The summed E-state index contributed by atoms with van der Waals surface area (Å²) in [6, 6.07) is 9.09. The molecule has 0 fully saturated rings. The van der Waals surface area contributed by atoms with Gasteiger partial charge in [0.05, 0.1) is 10.6 Å². The van der Waals surface area contributed by atoms with Gasteiger partial charge in [-0.05, 0) is 18.2 Å². The number of rotatable bonds is 3. The van der Waals surface area contributed by atoms with Crippen molar-refractivity contribution in [1.82, 2.24) is 4.98 Å². The molecule has 0 aliphatic heterocycles. The van der Waals surface area contributed by atoms with Crippen LogP contribution in [-0.2, 0) is 0 Å². The summed E-state index contributed by atoms with van der Waals surface area (Å²) in [7, 11) is 0. The van der Waals surface area contributed by atoms with E-state index in [4.69, 9.17) is 5.11 Å². The SMILES string of the molecule is O=C(O)c1ccc(-c2ccccn2)cc1[N+](=O)[O-]. The molecule has 2 rings (SSSR count). The topological polar surface area (TPSA) is 93.3 Å². The fraction of sp³-hybridized carbons (Fsp3) is 0. The van der Waals surface area contributed by atoms with E-state index in [0.29, 0.717) is 11.3 Å². The maximum Gasteiger partial charge on any atom is 0.342 e. The van der Waals surface area contributed by atoms with Gasteiger partial charge in [0.1, 0.15) is 5.56 Å². The second-order valence-corrected chi connectivity index (χ2v) is 3.51. The van der Waals surface area contributed by atoms with Crippen LogP contribution in [0, 0.1) is 10.1 Å². The highest BCUT2D eigenvalue weighted by molar-refractivity contribution is 5.93. The molecule has 0 spiro atoms. The Morgan fingerprint density at radius 2 is 2.06 bits per heavy atom. The Morgan fingerprint density at radius 1 is 1.28 bits per heavy atom. The number of hydrogen-bond acceptors (Lipinski definition) is 4. The Kier molecular flexibility index (Phi) is 3.01. The monoisotopic (exact) mass is 244 g/mol. The van der Waals surface area contributed by atoms with Crippen LogP contribution in [0.1, 0.15) is 10.4 Å². The van der Waals surface area contributed by atoms with Gasteiger partial charge in [0.2, 0.25) is 0 Å². The molecule has 18 heavy (non-hydrogen) atoms. The largest absolute Gasteiger partial charge is 0.477 e. The number of aromatic nitrogens is 1. The first kappa shape index (κ1) is 11.7. The second-order valence-electron chi connectivity index (χ2n) is 3.51. The molecule has 0 saturated heterocycles. The number of nitro benzene ring substituents is 1. The summed E-state index contributed by atoms with van der Waals surface area (Å²) in [5.41, 5.74) is 0.287. The van der Waals surface area contributed by atoms with E-state index in [1.807, 2.05) is 0 Å². The van der Waals surface area contributed by atoms with Crippen molar-refractivity contribution in [1.29, 1.82) is 0 Å². The van der Waals surface area contributed by atoms with Crippen LogP contribution in [0.25, 0.3) is 11.3 Å². The van der Waals surface area contributed by atoms with Crippen LogP contribution < -0.4 is 0 Å². The Bertz CT molecular complexity index is 611. The molecule has 0 aliphatic rings. The third kappa shape index (κ3) is 2.17. The molecule has 0 saturated carbocycles. The summed E-state index contributed by atoms with van der Waals surface area (Å²) in [4.78, 5) is 25.0. The lowest BCUT2D eigenvalue weighted by Gasteiger charge is -2.02. The normalized spacial score (nSPS) is 10.0. The Balaban J connectivity index is 2.57. The molecule has 90 valence electrons. The minimum atomic E-state index is -1.32. The molecule has 2 aromatic rings. The zero-order chi connectivity index (χ0) is 13.1. The van der Waals surface area contributed by atoms with Gasteiger partial charge < -0.3 is 5.11 Å². The quantitative estimate of drug-likeness (QED) is 0.660. The van der Waals surface area contributed by atoms with Gasteiger partial charge in [-0.25, -0.2) is 4.79 Å². The molecule has 0 aliphatic carbocycles. The van der Waals surface area contributed by atoms with Crippen LogP contribution in [-0.4, -0.2) is 21.0 Å². The molecular weight excluding hydrogens is 236 g/mol. The summed E-state index contributed by atoms with van der Waals surface area (Å²) in [6.45, 7) is 0. The van der Waals surface area contributed by atoms with Gasteiger partial charge in [-0.15, -0.1) is 0 Å². The highest BCUT2D eigenvalue weighted by Crippen LogP contribution is 2.25. The molecular formula is C12H8N2O4. The van der Waals surface area contributed by atoms with Crippen LogP contribution >= 0.6 is 0 Å². The van der Waals surface area contributed by atoms with Crippen molar-refractivity contribution in [2.75, 3.05) is 0 Å². The van der Waals surface area contributed by atoms with Crippen molar-refractivity contribution >= 4 is 11.7 Å². The fourth-order valence-corrected chi connectivity index (χ4v) is 1.56. The zero-order valence-corrected chi connectivity index (χ0v) is 9.11. The number of carbonyl (C=O) groups is 1. The predicted octanol–water partition coefficient (Wildman–Crippen LogP) is 2.36. The first-order valence-electron chi connectivity index (χ1n) is 5.03. The number of carboxylic acids is 1. The molecule has 0 radical (unpaired) electrons. The van der Waals surface area contributed by atoms with E-state index >= 15 is 0 Å². The van der Waals surface area contributed by atoms with Gasteiger partial charge in [-0.1, -0.05) is 12.1 Å². The van der Waals surface area contributed by atoms with Crippen LogP contribution in [0.4, 0.5) is 5.69 Å². The van der Waals surface area contributed by atoms with Crippen molar-refractivity contribution in [2.24, 2.45) is 0 Å². The molecule has 0 bridgehead atoms. The molecule has 1 aromatic heterocycles. The number of aromatic carboxylic acids is 1. The number of benzene rings is 1. The first-order valence-corrected chi connectivity index (χ1v) is 5.03.